The molecule has 0 bridgehead atoms. The maximum absolute atomic E-state index is 12.3. The van der Waals surface area contributed by atoms with E-state index >= 15 is 0 Å². The van der Waals surface area contributed by atoms with Crippen LogP contribution in [0.5, 0.6) is 0 Å². The minimum Gasteiger partial charge on any atom is -0.461 e. The molecule has 1 aliphatic heterocycles. The highest BCUT2D eigenvalue weighted by atomic mass is 16.5. The fraction of sp³-hybridized carbons (Fsp3) is 0.579. The van der Waals surface area contributed by atoms with E-state index in [1.54, 1.807) is 0 Å². The van der Waals surface area contributed by atoms with Crippen molar-refractivity contribution in [2.24, 2.45) is 5.92 Å². The molecule has 2 rings (SSSR count). The van der Waals surface area contributed by atoms with Gasteiger partial charge in [0.1, 0.15) is 6.61 Å². The number of hydrogen-bond acceptors (Lipinski definition) is 4. The first-order valence-corrected chi connectivity index (χ1v) is 8.62. The SMILES string of the molecule is C[C@@H](C(=O)N1CCC(CC(=O)OCc2ccccc2)CC1)N(C)C. The van der Waals surface area contributed by atoms with Crippen LogP contribution < -0.4 is 0 Å². The van der Waals surface area contributed by atoms with Crippen molar-refractivity contribution in [1.82, 2.24) is 9.80 Å². The first-order valence-electron chi connectivity index (χ1n) is 8.62. The van der Waals surface area contributed by atoms with Crippen LogP contribution in [0, 0.1) is 5.92 Å². The minimum atomic E-state index is -0.148. The van der Waals surface area contributed by atoms with Crippen molar-refractivity contribution in [2.45, 2.75) is 38.8 Å². The second kappa shape index (κ2) is 8.83. The van der Waals surface area contributed by atoms with Crippen molar-refractivity contribution in [3.05, 3.63) is 35.9 Å². The lowest BCUT2D eigenvalue weighted by molar-refractivity contribution is -0.146. The lowest BCUT2D eigenvalue weighted by Gasteiger charge is -2.34. The van der Waals surface area contributed by atoms with Crippen molar-refractivity contribution in [2.75, 3.05) is 27.2 Å². The van der Waals surface area contributed by atoms with E-state index in [-0.39, 0.29) is 17.9 Å². The lowest BCUT2D eigenvalue weighted by Crippen LogP contribution is -2.47. The Morgan fingerprint density at radius 2 is 1.83 bits per heavy atom. The van der Waals surface area contributed by atoms with Gasteiger partial charge in [0, 0.05) is 19.5 Å². The largest absolute Gasteiger partial charge is 0.461 e. The molecule has 0 spiro atoms. The summed E-state index contributed by atoms with van der Waals surface area (Å²) in [5.41, 5.74) is 1.00. The molecule has 24 heavy (non-hydrogen) atoms. The molecule has 0 unspecified atom stereocenters. The molecular weight excluding hydrogens is 304 g/mol. The highest BCUT2D eigenvalue weighted by molar-refractivity contribution is 5.81. The smallest absolute Gasteiger partial charge is 0.306 e. The van der Waals surface area contributed by atoms with E-state index in [2.05, 4.69) is 0 Å². The average Bonchev–Trinajstić information content (AvgIpc) is 2.60. The van der Waals surface area contributed by atoms with E-state index in [1.165, 1.54) is 0 Å². The Balaban J connectivity index is 1.71. The predicted octanol–water partition coefficient (Wildman–Crippen LogP) is 2.31. The van der Waals surface area contributed by atoms with E-state index in [0.717, 1.165) is 31.5 Å². The van der Waals surface area contributed by atoms with Crippen LogP contribution >= 0.6 is 0 Å². The zero-order valence-corrected chi connectivity index (χ0v) is 14.9. The third-order valence-corrected chi connectivity index (χ3v) is 4.76. The topological polar surface area (TPSA) is 49.9 Å². The summed E-state index contributed by atoms with van der Waals surface area (Å²) in [4.78, 5) is 28.1. The summed E-state index contributed by atoms with van der Waals surface area (Å²) < 4.78 is 5.35. The number of amides is 1. The zero-order valence-electron chi connectivity index (χ0n) is 14.9. The highest BCUT2D eigenvalue weighted by Crippen LogP contribution is 2.22. The molecule has 0 aromatic heterocycles. The number of rotatable bonds is 6. The Morgan fingerprint density at radius 3 is 2.42 bits per heavy atom. The molecule has 5 heteroatoms. The fourth-order valence-electron chi connectivity index (χ4n) is 2.88. The van der Waals surface area contributed by atoms with Gasteiger partial charge in [-0.15, -0.1) is 0 Å². The molecule has 1 fully saturated rings. The lowest BCUT2D eigenvalue weighted by atomic mass is 9.93. The molecule has 132 valence electrons. The highest BCUT2D eigenvalue weighted by Gasteiger charge is 2.28. The van der Waals surface area contributed by atoms with Crippen LogP contribution in [0.3, 0.4) is 0 Å². The number of likely N-dealkylation sites (N-methyl/N-ethyl adjacent to an activating group) is 1. The number of piperidine rings is 1. The van der Waals surface area contributed by atoms with Crippen molar-refractivity contribution in [3.63, 3.8) is 0 Å². The molecule has 0 radical (unpaired) electrons. The van der Waals surface area contributed by atoms with Crippen molar-refractivity contribution in [1.29, 1.82) is 0 Å². The summed E-state index contributed by atoms with van der Waals surface area (Å²) in [5.74, 6) is 0.336. The maximum atomic E-state index is 12.3. The van der Waals surface area contributed by atoms with Crippen LogP contribution in [-0.2, 0) is 20.9 Å². The molecular formula is C19H28N2O3. The molecule has 0 saturated carbocycles. The van der Waals surface area contributed by atoms with Gasteiger partial charge in [-0.2, -0.15) is 0 Å². The van der Waals surface area contributed by atoms with Gasteiger partial charge < -0.3 is 9.64 Å². The van der Waals surface area contributed by atoms with Crippen LogP contribution in [0.1, 0.15) is 31.7 Å². The Kier molecular flexibility index (Phi) is 6.79. The summed E-state index contributed by atoms with van der Waals surface area (Å²) in [5, 5.41) is 0. The van der Waals surface area contributed by atoms with E-state index in [4.69, 9.17) is 4.74 Å². The van der Waals surface area contributed by atoms with E-state index < -0.39 is 0 Å². The van der Waals surface area contributed by atoms with Crippen molar-refractivity contribution >= 4 is 11.9 Å². The Labute approximate surface area is 144 Å². The average molecular weight is 332 g/mol. The molecule has 1 amide bonds. The third-order valence-electron chi connectivity index (χ3n) is 4.76. The van der Waals surface area contributed by atoms with Gasteiger partial charge in [-0.1, -0.05) is 30.3 Å². The monoisotopic (exact) mass is 332 g/mol. The standard InChI is InChI=1S/C19H28N2O3/c1-15(20(2)3)19(23)21-11-9-16(10-12-21)13-18(22)24-14-17-7-5-4-6-8-17/h4-8,15-16H,9-14H2,1-3H3/t15-/m0/s1. The van der Waals surface area contributed by atoms with Gasteiger partial charge >= 0.3 is 5.97 Å². The third kappa shape index (κ3) is 5.34. The first-order chi connectivity index (χ1) is 11.5. The second-order valence-electron chi connectivity index (χ2n) is 6.76. The molecule has 1 saturated heterocycles. The summed E-state index contributed by atoms with van der Waals surface area (Å²) in [7, 11) is 3.83. The van der Waals surface area contributed by atoms with Crippen LogP contribution in [0.15, 0.2) is 30.3 Å². The van der Waals surface area contributed by atoms with E-state index in [9.17, 15) is 9.59 Å². The van der Waals surface area contributed by atoms with Gasteiger partial charge in [-0.05, 0) is 45.3 Å². The van der Waals surface area contributed by atoms with Gasteiger partial charge in [0.2, 0.25) is 5.91 Å². The molecule has 5 nitrogen and oxygen atoms in total. The molecule has 1 aromatic carbocycles. The number of likely N-dealkylation sites (tertiary alicyclic amines) is 1. The molecule has 1 atom stereocenters. The predicted molar refractivity (Wildman–Crippen MR) is 93.3 cm³/mol. The van der Waals surface area contributed by atoms with Crippen molar-refractivity contribution < 1.29 is 14.3 Å². The van der Waals surface area contributed by atoms with E-state index in [1.807, 2.05) is 61.2 Å². The van der Waals surface area contributed by atoms with Gasteiger partial charge in [0.15, 0.2) is 0 Å². The minimum absolute atomic E-state index is 0.0996. The number of nitrogens with zero attached hydrogens (tertiary/aromatic N) is 2. The second-order valence-corrected chi connectivity index (χ2v) is 6.76. The molecule has 1 heterocycles. The summed E-state index contributed by atoms with van der Waals surface area (Å²) >= 11 is 0. The van der Waals surface area contributed by atoms with Crippen LogP contribution in [-0.4, -0.2) is 54.9 Å². The molecule has 1 aromatic rings. The van der Waals surface area contributed by atoms with E-state index in [0.29, 0.717) is 18.9 Å². The van der Waals surface area contributed by atoms with Crippen LogP contribution in [0.4, 0.5) is 0 Å². The van der Waals surface area contributed by atoms with Gasteiger partial charge in [-0.3, -0.25) is 14.5 Å². The fourth-order valence-corrected chi connectivity index (χ4v) is 2.88. The summed E-state index contributed by atoms with van der Waals surface area (Å²) in [6.07, 6.45) is 2.18. The normalized spacial score (nSPS) is 16.9. The number of benzene rings is 1. The molecule has 1 aliphatic rings. The molecule has 0 N–H and O–H groups in total. The van der Waals surface area contributed by atoms with Crippen LogP contribution in [0.2, 0.25) is 0 Å². The van der Waals surface area contributed by atoms with Gasteiger partial charge in [-0.25, -0.2) is 0 Å². The first kappa shape index (κ1) is 18.5. The van der Waals surface area contributed by atoms with Crippen molar-refractivity contribution in [3.8, 4) is 0 Å². The number of carbonyl (C=O) groups excluding carboxylic acids is 2. The summed E-state index contributed by atoms with van der Waals surface area (Å²) in [6, 6.07) is 9.61. The Morgan fingerprint density at radius 1 is 1.21 bits per heavy atom. The molecule has 0 aliphatic carbocycles. The Bertz CT molecular complexity index is 537. The number of hydrogen-bond donors (Lipinski definition) is 0. The summed E-state index contributed by atoms with van der Waals surface area (Å²) in [6.45, 7) is 3.72. The quantitative estimate of drug-likeness (QED) is 0.750. The number of carbonyl (C=O) groups is 2. The number of ether oxygens (including phenoxy) is 1. The zero-order chi connectivity index (χ0) is 17.5. The maximum Gasteiger partial charge on any atom is 0.306 e. The number of esters is 1. The van der Waals surface area contributed by atoms with Crippen LogP contribution in [0.25, 0.3) is 0 Å². The van der Waals surface area contributed by atoms with Gasteiger partial charge in [0.05, 0.1) is 6.04 Å². The Hall–Kier alpha value is -1.88. The van der Waals surface area contributed by atoms with Gasteiger partial charge in [0.25, 0.3) is 0 Å².